The minimum absolute atomic E-state index is 0.00161. The van der Waals surface area contributed by atoms with Gasteiger partial charge < -0.3 is 4.74 Å². The molecule has 0 saturated carbocycles. The molecule has 0 unspecified atom stereocenters. The van der Waals surface area contributed by atoms with E-state index in [1.54, 1.807) is 0 Å². The van der Waals surface area contributed by atoms with Gasteiger partial charge in [-0.15, -0.1) is 0 Å². The second-order valence-corrected chi connectivity index (χ2v) is 5.02. The van der Waals surface area contributed by atoms with Crippen LogP contribution in [-0.4, -0.2) is 11.9 Å². The summed E-state index contributed by atoms with van der Waals surface area (Å²) in [5, 5.41) is 0.173. The Balaban J connectivity index is 2.92. The molecule has 15 heavy (non-hydrogen) atoms. The van der Waals surface area contributed by atoms with Crippen LogP contribution in [0.15, 0.2) is 8.95 Å². The molecular formula is C8Br2Cl2O3. The van der Waals surface area contributed by atoms with Gasteiger partial charge in [0.15, 0.2) is 0 Å². The minimum Gasteiger partial charge on any atom is -0.386 e. The molecule has 0 bridgehead atoms. The Morgan fingerprint density at radius 3 is 2.00 bits per heavy atom. The SMILES string of the molecule is O=C1OC(=O)c2c(Br)c(Br)c(Cl)c(Cl)c21. The fourth-order valence-corrected chi connectivity index (χ4v) is 2.84. The zero-order valence-corrected chi connectivity index (χ0v) is 11.4. The van der Waals surface area contributed by atoms with Crippen LogP contribution < -0.4 is 0 Å². The van der Waals surface area contributed by atoms with Crippen LogP contribution in [0.1, 0.15) is 20.7 Å². The number of benzene rings is 1. The first-order valence-corrected chi connectivity index (χ1v) is 5.91. The van der Waals surface area contributed by atoms with Gasteiger partial charge in [0.2, 0.25) is 0 Å². The second kappa shape index (κ2) is 3.73. The molecule has 0 atom stereocenters. The quantitative estimate of drug-likeness (QED) is 0.300. The molecule has 1 aromatic rings. The maximum atomic E-state index is 11.3. The molecule has 2 rings (SSSR count). The van der Waals surface area contributed by atoms with E-state index in [-0.39, 0.29) is 21.2 Å². The first kappa shape index (κ1) is 11.4. The van der Waals surface area contributed by atoms with Crippen LogP contribution in [-0.2, 0) is 4.74 Å². The topological polar surface area (TPSA) is 43.4 Å². The fraction of sp³-hybridized carbons (Fsp3) is 0. The average Bonchev–Trinajstić information content (AvgIpc) is 2.47. The van der Waals surface area contributed by atoms with E-state index in [0.717, 1.165) is 0 Å². The predicted octanol–water partition coefficient (Wildman–Crippen LogP) is 3.83. The summed E-state index contributed by atoms with van der Waals surface area (Å²) < 4.78 is 5.21. The lowest BCUT2D eigenvalue weighted by molar-refractivity contribution is 0.0443. The van der Waals surface area contributed by atoms with Gasteiger partial charge in [-0.1, -0.05) is 23.2 Å². The van der Waals surface area contributed by atoms with Crippen molar-refractivity contribution >= 4 is 67.0 Å². The molecule has 0 radical (unpaired) electrons. The summed E-state index contributed by atoms with van der Waals surface area (Å²) in [4.78, 5) is 22.6. The molecule has 0 aliphatic carbocycles. The molecule has 0 fully saturated rings. The number of rotatable bonds is 0. The molecule has 0 saturated heterocycles. The third-order valence-electron chi connectivity index (χ3n) is 1.86. The smallest absolute Gasteiger partial charge is 0.348 e. The van der Waals surface area contributed by atoms with Crippen molar-refractivity contribution in [1.29, 1.82) is 0 Å². The van der Waals surface area contributed by atoms with Crippen molar-refractivity contribution in [2.24, 2.45) is 0 Å². The molecular weight excluding hydrogens is 375 g/mol. The van der Waals surface area contributed by atoms with Gasteiger partial charge in [0.1, 0.15) is 0 Å². The number of hydrogen-bond acceptors (Lipinski definition) is 3. The molecule has 1 aliphatic rings. The zero-order valence-electron chi connectivity index (χ0n) is 6.74. The predicted molar refractivity (Wildman–Crippen MR) is 61.6 cm³/mol. The van der Waals surface area contributed by atoms with Crippen molar-refractivity contribution in [2.75, 3.05) is 0 Å². The van der Waals surface area contributed by atoms with Gasteiger partial charge in [-0.05, 0) is 31.9 Å². The van der Waals surface area contributed by atoms with E-state index in [9.17, 15) is 9.59 Å². The third-order valence-corrected chi connectivity index (χ3v) is 5.06. The summed E-state index contributed by atoms with van der Waals surface area (Å²) in [6.07, 6.45) is 0. The van der Waals surface area contributed by atoms with E-state index in [4.69, 9.17) is 23.2 Å². The summed E-state index contributed by atoms with van der Waals surface area (Å²) in [6.45, 7) is 0. The Hall–Kier alpha value is -0.100. The van der Waals surface area contributed by atoms with E-state index in [1.807, 2.05) is 0 Å². The lowest BCUT2D eigenvalue weighted by Crippen LogP contribution is -1.97. The standard InChI is InChI=1S/C8Br2Cl2O3/c9-3-1-2(8(14)15-7(1)13)5(11)6(12)4(3)10. The molecule has 1 aromatic carbocycles. The van der Waals surface area contributed by atoms with Crippen molar-refractivity contribution in [2.45, 2.75) is 0 Å². The van der Waals surface area contributed by atoms with Gasteiger partial charge in [-0.2, -0.15) is 0 Å². The van der Waals surface area contributed by atoms with Gasteiger partial charge in [0.05, 0.1) is 25.6 Å². The summed E-state index contributed by atoms with van der Waals surface area (Å²) in [6, 6.07) is 0. The Bertz CT molecular complexity index is 468. The fourth-order valence-electron chi connectivity index (χ4n) is 1.20. The first-order valence-electron chi connectivity index (χ1n) is 3.57. The number of carbonyl (C=O) groups is 2. The van der Waals surface area contributed by atoms with E-state index >= 15 is 0 Å². The van der Waals surface area contributed by atoms with E-state index in [2.05, 4.69) is 36.6 Å². The number of halogens is 4. The van der Waals surface area contributed by atoms with Gasteiger partial charge in [0.25, 0.3) is 0 Å². The van der Waals surface area contributed by atoms with Crippen LogP contribution in [0, 0.1) is 0 Å². The number of cyclic esters (lactones) is 2. The van der Waals surface area contributed by atoms with E-state index < -0.39 is 11.9 Å². The monoisotopic (exact) mass is 372 g/mol. The van der Waals surface area contributed by atoms with Gasteiger partial charge in [0, 0.05) is 4.47 Å². The Labute approximate surface area is 111 Å². The summed E-state index contributed by atoms with van der Waals surface area (Å²) in [7, 11) is 0. The van der Waals surface area contributed by atoms with Crippen LogP contribution in [0.3, 0.4) is 0 Å². The van der Waals surface area contributed by atoms with Gasteiger partial charge >= 0.3 is 11.9 Å². The van der Waals surface area contributed by atoms with E-state index in [0.29, 0.717) is 8.95 Å². The molecule has 7 heteroatoms. The largest absolute Gasteiger partial charge is 0.386 e. The molecule has 0 spiro atoms. The normalized spacial score (nSPS) is 14.1. The highest BCUT2D eigenvalue weighted by Gasteiger charge is 2.37. The first-order chi connectivity index (χ1) is 6.95. The summed E-state index contributed by atoms with van der Waals surface area (Å²) in [5.74, 6) is -1.52. The lowest BCUT2D eigenvalue weighted by atomic mass is 10.1. The Morgan fingerprint density at radius 1 is 0.867 bits per heavy atom. The molecule has 0 N–H and O–H groups in total. The molecule has 1 heterocycles. The number of carbonyl (C=O) groups excluding carboxylic acids is 2. The zero-order chi connectivity index (χ0) is 11.3. The number of fused-ring (bicyclic) bond motifs is 1. The number of hydrogen-bond donors (Lipinski definition) is 0. The van der Waals surface area contributed by atoms with Crippen LogP contribution in [0.5, 0.6) is 0 Å². The molecule has 3 nitrogen and oxygen atoms in total. The van der Waals surface area contributed by atoms with Crippen LogP contribution in [0.4, 0.5) is 0 Å². The minimum atomic E-state index is -0.782. The van der Waals surface area contributed by atoms with Crippen molar-refractivity contribution in [1.82, 2.24) is 0 Å². The maximum absolute atomic E-state index is 11.3. The Kier molecular flexibility index (Phi) is 2.83. The van der Waals surface area contributed by atoms with Crippen LogP contribution >= 0.6 is 55.1 Å². The highest BCUT2D eigenvalue weighted by atomic mass is 79.9. The summed E-state index contributed by atoms with van der Waals surface area (Å²) in [5.41, 5.74) is 0.100. The highest BCUT2D eigenvalue weighted by molar-refractivity contribution is 9.13. The second-order valence-electron chi connectivity index (χ2n) is 2.68. The number of esters is 2. The van der Waals surface area contributed by atoms with Crippen LogP contribution in [0.2, 0.25) is 10.0 Å². The highest BCUT2D eigenvalue weighted by Crippen LogP contribution is 2.44. The van der Waals surface area contributed by atoms with Crippen LogP contribution in [0.25, 0.3) is 0 Å². The average molecular weight is 375 g/mol. The summed E-state index contributed by atoms with van der Waals surface area (Å²) >= 11 is 18.0. The van der Waals surface area contributed by atoms with E-state index in [1.165, 1.54) is 0 Å². The maximum Gasteiger partial charge on any atom is 0.348 e. The molecule has 78 valence electrons. The van der Waals surface area contributed by atoms with Gasteiger partial charge in [-0.3, -0.25) is 0 Å². The molecule has 1 aliphatic heterocycles. The van der Waals surface area contributed by atoms with Crippen molar-refractivity contribution in [3.05, 3.63) is 30.1 Å². The van der Waals surface area contributed by atoms with Crippen molar-refractivity contribution < 1.29 is 14.3 Å². The Morgan fingerprint density at radius 2 is 1.40 bits per heavy atom. The number of ether oxygens (including phenoxy) is 1. The van der Waals surface area contributed by atoms with Crippen molar-refractivity contribution in [3.8, 4) is 0 Å². The molecule has 0 aromatic heterocycles. The van der Waals surface area contributed by atoms with Crippen molar-refractivity contribution in [3.63, 3.8) is 0 Å². The third kappa shape index (κ3) is 1.53. The molecule has 0 amide bonds. The lowest BCUT2D eigenvalue weighted by Gasteiger charge is -2.05. The van der Waals surface area contributed by atoms with Gasteiger partial charge in [-0.25, -0.2) is 9.59 Å².